The fourth-order valence-electron chi connectivity index (χ4n) is 4.58. The van der Waals surface area contributed by atoms with Crippen molar-refractivity contribution < 1.29 is 4.39 Å². The first kappa shape index (κ1) is 22.4. The molecule has 1 aliphatic heterocycles. The third-order valence-electron chi connectivity index (χ3n) is 6.18. The Kier molecular flexibility index (Phi) is 6.81. The minimum atomic E-state index is -0.239. The molecule has 0 N–H and O–H groups in total. The first-order valence-electron chi connectivity index (χ1n) is 10.8. The second kappa shape index (κ2) is 9.75. The Balaban J connectivity index is 0.00000245. The predicted octanol–water partition coefficient (Wildman–Crippen LogP) is 3.97. The van der Waals surface area contributed by atoms with Crippen LogP contribution in [0.4, 0.5) is 4.39 Å². The lowest BCUT2D eigenvalue weighted by Crippen LogP contribution is -2.35. The summed E-state index contributed by atoms with van der Waals surface area (Å²) in [5, 5.41) is 12.4. The fraction of sp³-hybridized carbons (Fsp3) is 0.391. The molecule has 2 aromatic carbocycles. The van der Waals surface area contributed by atoms with Gasteiger partial charge in [-0.2, -0.15) is 0 Å². The van der Waals surface area contributed by atoms with Gasteiger partial charge in [-0.25, -0.2) is 14.1 Å². The van der Waals surface area contributed by atoms with E-state index in [2.05, 4.69) is 54.2 Å². The fourth-order valence-corrected chi connectivity index (χ4v) is 4.58. The average Bonchev–Trinajstić information content (AvgIpc) is 3.36. The lowest BCUT2D eigenvalue weighted by Gasteiger charge is -2.33. The summed E-state index contributed by atoms with van der Waals surface area (Å²) in [6.07, 6.45) is 2.96. The molecule has 0 saturated carbocycles. The number of likely N-dealkylation sites (tertiary alicyclic amines) is 1. The maximum atomic E-state index is 13.6. The van der Waals surface area contributed by atoms with Crippen LogP contribution in [0.5, 0.6) is 0 Å². The van der Waals surface area contributed by atoms with Crippen LogP contribution in [0, 0.1) is 12.7 Å². The van der Waals surface area contributed by atoms with Gasteiger partial charge in [0.1, 0.15) is 11.6 Å². The minimum absolute atomic E-state index is 0. The number of hydrogen-bond donors (Lipinski definition) is 0. The van der Waals surface area contributed by atoms with Gasteiger partial charge in [0.2, 0.25) is 0 Å². The van der Waals surface area contributed by atoms with Gasteiger partial charge in [0.15, 0.2) is 5.82 Å². The van der Waals surface area contributed by atoms with Crippen LogP contribution in [-0.4, -0.2) is 47.7 Å². The van der Waals surface area contributed by atoms with Crippen LogP contribution in [0.2, 0.25) is 0 Å². The molecule has 1 saturated heterocycles. The molecule has 0 spiro atoms. The number of halogens is 2. The van der Waals surface area contributed by atoms with Gasteiger partial charge in [0.05, 0.1) is 17.6 Å². The average molecular weight is 456 g/mol. The van der Waals surface area contributed by atoms with E-state index >= 15 is 0 Å². The Labute approximate surface area is 192 Å². The number of aromatic nitrogens is 6. The highest BCUT2D eigenvalue weighted by Gasteiger charge is 2.24. The molecule has 1 aliphatic rings. The van der Waals surface area contributed by atoms with E-state index in [-0.39, 0.29) is 18.2 Å². The van der Waals surface area contributed by atoms with E-state index in [9.17, 15) is 4.39 Å². The molecular formula is C23H27ClFN7. The van der Waals surface area contributed by atoms with Crippen LogP contribution in [-0.2, 0) is 19.5 Å². The van der Waals surface area contributed by atoms with Gasteiger partial charge in [-0.3, -0.25) is 4.90 Å². The zero-order chi connectivity index (χ0) is 21.2. The van der Waals surface area contributed by atoms with Crippen LogP contribution in [0.15, 0.2) is 48.5 Å². The molecule has 7 nitrogen and oxygen atoms in total. The van der Waals surface area contributed by atoms with Crippen molar-refractivity contribution in [3.63, 3.8) is 0 Å². The van der Waals surface area contributed by atoms with E-state index in [0.29, 0.717) is 6.04 Å². The van der Waals surface area contributed by atoms with Gasteiger partial charge in [0.25, 0.3) is 0 Å². The molecule has 0 atom stereocenters. The van der Waals surface area contributed by atoms with Crippen LogP contribution in [0.3, 0.4) is 0 Å². The molecule has 4 aromatic rings. The number of nitrogens with zero attached hydrogens (tertiary/aromatic N) is 7. The van der Waals surface area contributed by atoms with Crippen LogP contribution in [0.1, 0.15) is 36.1 Å². The van der Waals surface area contributed by atoms with Gasteiger partial charge in [-0.1, -0.05) is 30.3 Å². The molecule has 5 rings (SSSR count). The van der Waals surface area contributed by atoms with Crippen molar-refractivity contribution in [3.8, 4) is 0 Å². The van der Waals surface area contributed by atoms with Crippen molar-refractivity contribution in [3.05, 3.63) is 71.6 Å². The van der Waals surface area contributed by atoms with Crippen LogP contribution >= 0.6 is 12.4 Å². The quantitative estimate of drug-likeness (QED) is 0.440. The topological polar surface area (TPSA) is 64.7 Å². The summed E-state index contributed by atoms with van der Waals surface area (Å²) in [4.78, 5) is 6.98. The monoisotopic (exact) mass is 455 g/mol. The number of tetrazole rings is 1. The van der Waals surface area contributed by atoms with Gasteiger partial charge >= 0.3 is 0 Å². The Morgan fingerprint density at radius 3 is 2.62 bits per heavy atom. The molecule has 0 aliphatic carbocycles. The van der Waals surface area contributed by atoms with E-state index < -0.39 is 0 Å². The van der Waals surface area contributed by atoms with Crippen molar-refractivity contribution in [2.24, 2.45) is 0 Å². The largest absolute Gasteiger partial charge is 0.325 e. The maximum absolute atomic E-state index is 13.6. The molecule has 0 bridgehead atoms. The zero-order valence-electron chi connectivity index (χ0n) is 18.1. The molecule has 0 radical (unpaired) electrons. The van der Waals surface area contributed by atoms with Gasteiger partial charge in [-0.15, -0.1) is 17.5 Å². The normalized spacial score (nSPS) is 15.2. The van der Waals surface area contributed by atoms with Crippen LogP contribution in [0.25, 0.3) is 11.0 Å². The highest BCUT2D eigenvalue weighted by atomic mass is 35.5. The van der Waals surface area contributed by atoms with Gasteiger partial charge in [-0.05, 0) is 54.3 Å². The molecule has 168 valence electrons. The molecule has 9 heteroatoms. The summed E-state index contributed by atoms with van der Waals surface area (Å²) < 4.78 is 17.8. The van der Waals surface area contributed by atoms with E-state index in [4.69, 9.17) is 0 Å². The number of benzene rings is 2. The Morgan fingerprint density at radius 1 is 1.06 bits per heavy atom. The number of fused-ring (bicyclic) bond motifs is 1. The van der Waals surface area contributed by atoms with E-state index in [1.54, 1.807) is 0 Å². The summed E-state index contributed by atoms with van der Waals surface area (Å²) >= 11 is 0. The zero-order valence-corrected chi connectivity index (χ0v) is 18.9. The molecule has 0 unspecified atom stereocenters. The lowest BCUT2D eigenvalue weighted by atomic mass is 10.0. The SMILES string of the molecule is Cc1nc2cc(F)ccc2n1C1CCN(Cc2nnnn2CCc2ccccc2)CC1.Cl. The van der Waals surface area contributed by atoms with Crippen molar-refractivity contribution in [1.82, 2.24) is 34.7 Å². The standard InChI is InChI=1S/C23H26FN7.ClH/c1-17-25-21-15-19(24)7-8-22(21)31(17)20-10-12-29(13-11-20)16-23-26-27-28-30(23)14-9-18-5-3-2-4-6-18;/h2-8,15,20H,9-14,16H2,1H3;1H. The third-order valence-corrected chi connectivity index (χ3v) is 6.18. The highest BCUT2D eigenvalue weighted by Crippen LogP contribution is 2.29. The molecule has 1 fully saturated rings. The summed E-state index contributed by atoms with van der Waals surface area (Å²) in [6.45, 7) is 5.47. The molecular weight excluding hydrogens is 429 g/mol. The first-order valence-corrected chi connectivity index (χ1v) is 10.8. The van der Waals surface area contributed by atoms with E-state index in [0.717, 1.165) is 68.1 Å². The summed E-state index contributed by atoms with van der Waals surface area (Å²) in [5.74, 6) is 1.62. The van der Waals surface area contributed by atoms with Crippen molar-refractivity contribution in [1.29, 1.82) is 0 Å². The smallest absolute Gasteiger partial charge is 0.165 e. The molecule has 3 heterocycles. The summed E-state index contributed by atoms with van der Waals surface area (Å²) in [7, 11) is 0. The maximum Gasteiger partial charge on any atom is 0.165 e. The van der Waals surface area contributed by atoms with Crippen molar-refractivity contribution >= 4 is 23.4 Å². The highest BCUT2D eigenvalue weighted by molar-refractivity contribution is 5.85. The van der Waals surface area contributed by atoms with Gasteiger partial charge < -0.3 is 4.57 Å². The number of piperidine rings is 1. The Hall–Kier alpha value is -2.84. The van der Waals surface area contributed by atoms with E-state index in [1.807, 2.05) is 23.7 Å². The molecule has 32 heavy (non-hydrogen) atoms. The molecule has 2 aromatic heterocycles. The number of imidazole rings is 1. The molecule has 0 amide bonds. The number of hydrogen-bond acceptors (Lipinski definition) is 5. The second-order valence-corrected chi connectivity index (χ2v) is 8.22. The van der Waals surface area contributed by atoms with Gasteiger partial charge in [0, 0.05) is 31.7 Å². The Bertz CT molecular complexity index is 1170. The third kappa shape index (κ3) is 4.66. The predicted molar refractivity (Wildman–Crippen MR) is 123 cm³/mol. The van der Waals surface area contributed by atoms with Crippen molar-refractivity contribution in [2.75, 3.05) is 13.1 Å². The number of rotatable bonds is 6. The Morgan fingerprint density at radius 2 is 1.84 bits per heavy atom. The van der Waals surface area contributed by atoms with Crippen LogP contribution < -0.4 is 0 Å². The summed E-state index contributed by atoms with van der Waals surface area (Å²) in [5.41, 5.74) is 3.03. The first-order chi connectivity index (χ1) is 15.2. The summed E-state index contributed by atoms with van der Waals surface area (Å²) in [6, 6.07) is 15.7. The second-order valence-electron chi connectivity index (χ2n) is 8.22. The van der Waals surface area contributed by atoms with Crippen molar-refractivity contribution in [2.45, 2.75) is 45.3 Å². The van der Waals surface area contributed by atoms with E-state index in [1.165, 1.54) is 17.7 Å². The number of aryl methyl sites for hydroxylation is 3. The lowest BCUT2D eigenvalue weighted by molar-refractivity contribution is 0.174. The minimum Gasteiger partial charge on any atom is -0.325 e.